The highest BCUT2D eigenvalue weighted by atomic mass is 16.2. The highest BCUT2D eigenvalue weighted by Crippen LogP contribution is 2.17. The minimum Gasteiger partial charge on any atom is -0.352 e. The molecule has 172 valence electrons. The van der Waals surface area contributed by atoms with Crippen LogP contribution in [0.1, 0.15) is 42.5 Å². The Hall–Kier alpha value is -3.40. The molecule has 0 bridgehead atoms. The monoisotopic (exact) mass is 442 g/mol. The van der Waals surface area contributed by atoms with Crippen LogP contribution in [0, 0.1) is 6.92 Å². The average molecular weight is 443 g/mol. The molecule has 0 saturated carbocycles. The molecule has 4 nitrogen and oxygen atoms in total. The number of nitrogens with zero attached hydrogens (tertiary/aromatic N) is 1. The molecule has 0 saturated heterocycles. The molecule has 3 aromatic rings. The molecule has 0 spiro atoms. The maximum atomic E-state index is 13.7. The van der Waals surface area contributed by atoms with Crippen LogP contribution in [0.15, 0.2) is 84.9 Å². The summed E-state index contributed by atoms with van der Waals surface area (Å²) in [6, 6.07) is 27.2. The number of carbonyl (C=O) groups is 2. The number of hydrogen-bond donors (Lipinski definition) is 1. The summed E-state index contributed by atoms with van der Waals surface area (Å²) in [4.78, 5) is 28.9. The first-order valence-corrected chi connectivity index (χ1v) is 11.7. The molecule has 1 N–H and O–H groups in total. The van der Waals surface area contributed by atoms with Crippen molar-refractivity contribution in [3.05, 3.63) is 107 Å². The summed E-state index contributed by atoms with van der Waals surface area (Å²) >= 11 is 0. The van der Waals surface area contributed by atoms with Gasteiger partial charge in [0.1, 0.15) is 6.04 Å². The van der Waals surface area contributed by atoms with Crippen molar-refractivity contribution in [2.24, 2.45) is 0 Å². The van der Waals surface area contributed by atoms with Gasteiger partial charge >= 0.3 is 0 Å². The summed E-state index contributed by atoms with van der Waals surface area (Å²) in [6.45, 7) is 6.44. The van der Waals surface area contributed by atoms with Gasteiger partial charge in [0.25, 0.3) is 0 Å². The summed E-state index contributed by atoms with van der Waals surface area (Å²) in [5.74, 6) is -0.161. The lowest BCUT2D eigenvalue weighted by Crippen LogP contribution is -2.52. The number of nitrogens with one attached hydrogen (secondary N) is 1. The quantitative estimate of drug-likeness (QED) is 0.475. The fourth-order valence-corrected chi connectivity index (χ4v) is 3.87. The largest absolute Gasteiger partial charge is 0.352 e. The molecular weight excluding hydrogens is 408 g/mol. The molecule has 33 heavy (non-hydrogen) atoms. The van der Waals surface area contributed by atoms with Crippen molar-refractivity contribution in [2.75, 3.05) is 0 Å². The van der Waals surface area contributed by atoms with E-state index in [1.165, 1.54) is 0 Å². The van der Waals surface area contributed by atoms with Crippen molar-refractivity contribution >= 4 is 11.8 Å². The molecular formula is C29H34N2O2. The lowest BCUT2D eigenvalue weighted by molar-refractivity contribution is -0.141. The fourth-order valence-electron chi connectivity index (χ4n) is 3.87. The molecule has 0 unspecified atom stereocenters. The SMILES string of the molecule is CC[C@H](C)NC(=O)[C@H](Cc1ccccc1)N(Cc1ccccc1)C(=O)Cc1cccc(C)c1. The smallest absolute Gasteiger partial charge is 0.243 e. The van der Waals surface area contributed by atoms with E-state index in [2.05, 4.69) is 5.32 Å². The van der Waals surface area contributed by atoms with Gasteiger partial charge in [0.15, 0.2) is 0 Å². The highest BCUT2D eigenvalue weighted by Gasteiger charge is 2.30. The Bertz CT molecular complexity index is 1030. The number of carbonyl (C=O) groups excluding carboxylic acids is 2. The fraction of sp³-hybridized carbons (Fsp3) is 0.310. The van der Waals surface area contributed by atoms with Crippen LogP contribution in [0.2, 0.25) is 0 Å². The highest BCUT2D eigenvalue weighted by molar-refractivity contribution is 5.89. The predicted molar refractivity (Wildman–Crippen MR) is 134 cm³/mol. The number of aryl methyl sites for hydroxylation is 1. The maximum Gasteiger partial charge on any atom is 0.243 e. The van der Waals surface area contributed by atoms with Crippen molar-refractivity contribution in [1.29, 1.82) is 0 Å². The van der Waals surface area contributed by atoms with Crippen LogP contribution in [-0.2, 0) is 29.0 Å². The second-order valence-electron chi connectivity index (χ2n) is 8.70. The van der Waals surface area contributed by atoms with Crippen molar-refractivity contribution in [1.82, 2.24) is 10.2 Å². The van der Waals surface area contributed by atoms with Crippen molar-refractivity contribution in [2.45, 2.75) is 58.7 Å². The zero-order valence-electron chi connectivity index (χ0n) is 19.8. The minimum atomic E-state index is -0.598. The average Bonchev–Trinajstić information content (AvgIpc) is 2.82. The van der Waals surface area contributed by atoms with Crippen LogP contribution in [0.5, 0.6) is 0 Å². The zero-order valence-corrected chi connectivity index (χ0v) is 19.8. The first kappa shape index (κ1) is 24.2. The molecule has 0 aliphatic rings. The van der Waals surface area contributed by atoms with Gasteiger partial charge in [-0.15, -0.1) is 0 Å². The van der Waals surface area contributed by atoms with Gasteiger partial charge in [0.2, 0.25) is 11.8 Å². The third-order valence-electron chi connectivity index (χ3n) is 5.91. The Morgan fingerprint density at radius 3 is 2.06 bits per heavy atom. The van der Waals surface area contributed by atoms with Crippen LogP contribution in [0.25, 0.3) is 0 Å². The molecule has 0 aliphatic heterocycles. The van der Waals surface area contributed by atoms with E-state index < -0.39 is 6.04 Å². The molecule has 0 fully saturated rings. The molecule has 0 aliphatic carbocycles. The van der Waals surface area contributed by atoms with Crippen LogP contribution >= 0.6 is 0 Å². The summed E-state index contributed by atoms with van der Waals surface area (Å²) in [5, 5.41) is 3.11. The van der Waals surface area contributed by atoms with Gasteiger partial charge < -0.3 is 10.2 Å². The topological polar surface area (TPSA) is 49.4 Å². The Labute approximate surface area is 197 Å². The third-order valence-corrected chi connectivity index (χ3v) is 5.91. The first-order valence-electron chi connectivity index (χ1n) is 11.7. The summed E-state index contributed by atoms with van der Waals surface area (Å²) in [5.41, 5.74) is 4.11. The van der Waals surface area contributed by atoms with Crippen molar-refractivity contribution in [3.8, 4) is 0 Å². The molecule has 0 heterocycles. The van der Waals surface area contributed by atoms with Gasteiger partial charge in [-0.3, -0.25) is 9.59 Å². The molecule has 4 heteroatoms. The Balaban J connectivity index is 1.95. The van der Waals surface area contributed by atoms with Crippen molar-refractivity contribution in [3.63, 3.8) is 0 Å². The van der Waals surface area contributed by atoms with E-state index in [9.17, 15) is 9.59 Å². The number of amides is 2. The van der Waals surface area contributed by atoms with Gasteiger partial charge in [-0.05, 0) is 37.0 Å². The molecule has 0 radical (unpaired) electrons. The van der Waals surface area contributed by atoms with Gasteiger partial charge in [0.05, 0.1) is 6.42 Å². The Morgan fingerprint density at radius 1 is 0.848 bits per heavy atom. The second-order valence-corrected chi connectivity index (χ2v) is 8.70. The zero-order chi connectivity index (χ0) is 23.6. The van der Waals surface area contributed by atoms with E-state index in [0.717, 1.165) is 28.7 Å². The Kier molecular flexibility index (Phi) is 8.82. The van der Waals surface area contributed by atoms with E-state index in [-0.39, 0.29) is 24.3 Å². The van der Waals surface area contributed by atoms with E-state index in [4.69, 9.17) is 0 Å². The maximum absolute atomic E-state index is 13.7. The van der Waals surface area contributed by atoms with Crippen LogP contribution in [0.3, 0.4) is 0 Å². The van der Waals surface area contributed by atoms with E-state index >= 15 is 0 Å². The van der Waals surface area contributed by atoms with Crippen molar-refractivity contribution < 1.29 is 9.59 Å². The number of benzene rings is 3. The minimum absolute atomic E-state index is 0.0428. The molecule has 2 atom stereocenters. The van der Waals surface area contributed by atoms with Gasteiger partial charge in [-0.1, -0.05) is 97.4 Å². The van der Waals surface area contributed by atoms with E-state index in [1.807, 2.05) is 106 Å². The second kappa shape index (κ2) is 12.0. The molecule has 2 amide bonds. The Morgan fingerprint density at radius 2 is 1.45 bits per heavy atom. The molecule has 3 rings (SSSR count). The number of rotatable bonds is 10. The van der Waals surface area contributed by atoms with E-state index in [1.54, 1.807) is 4.90 Å². The van der Waals surface area contributed by atoms with Gasteiger partial charge in [0, 0.05) is 19.0 Å². The van der Waals surface area contributed by atoms with Crippen LogP contribution in [-0.4, -0.2) is 28.8 Å². The third kappa shape index (κ3) is 7.31. The molecule has 3 aromatic carbocycles. The summed E-state index contributed by atoms with van der Waals surface area (Å²) in [6.07, 6.45) is 1.56. The normalized spacial score (nSPS) is 12.6. The van der Waals surface area contributed by atoms with Crippen LogP contribution < -0.4 is 5.32 Å². The number of hydrogen-bond acceptors (Lipinski definition) is 2. The van der Waals surface area contributed by atoms with Gasteiger partial charge in [-0.2, -0.15) is 0 Å². The predicted octanol–water partition coefficient (Wildman–Crippen LogP) is 5.09. The molecule has 0 aromatic heterocycles. The lowest BCUT2D eigenvalue weighted by atomic mass is 10.0. The summed E-state index contributed by atoms with van der Waals surface area (Å²) in [7, 11) is 0. The van der Waals surface area contributed by atoms with E-state index in [0.29, 0.717) is 13.0 Å². The summed E-state index contributed by atoms with van der Waals surface area (Å²) < 4.78 is 0. The van der Waals surface area contributed by atoms with Crippen LogP contribution in [0.4, 0.5) is 0 Å². The standard InChI is InChI=1S/C29H34N2O2/c1-4-23(3)30-29(33)27(19-24-13-7-5-8-14-24)31(21-25-15-9-6-10-16-25)28(32)20-26-17-11-12-22(2)18-26/h5-18,23,27H,4,19-21H2,1-3H3,(H,30,33)/t23-,27-/m0/s1. The van der Waals surface area contributed by atoms with Gasteiger partial charge in [-0.25, -0.2) is 0 Å². The lowest BCUT2D eigenvalue weighted by Gasteiger charge is -2.32. The first-order chi connectivity index (χ1) is 16.0.